The Hall–Kier alpha value is -1.57. The lowest BCUT2D eigenvalue weighted by atomic mass is 10.3. The van der Waals surface area contributed by atoms with E-state index in [-0.39, 0.29) is 0 Å². The summed E-state index contributed by atoms with van der Waals surface area (Å²) in [5.74, 6) is 0.546. The number of anilines is 2. The van der Waals surface area contributed by atoms with E-state index in [0.717, 1.165) is 12.2 Å². The summed E-state index contributed by atoms with van der Waals surface area (Å²) in [7, 11) is 1.67. The predicted octanol–water partition coefficient (Wildman–Crippen LogP) is 2.27. The second-order valence-electron chi connectivity index (χ2n) is 4.02. The van der Waals surface area contributed by atoms with Crippen molar-refractivity contribution in [1.29, 1.82) is 0 Å². The molecular formula is C13H18N4O2S. The third-order valence-corrected chi connectivity index (χ3v) is 3.31. The predicted molar refractivity (Wildman–Crippen MR) is 79.4 cm³/mol. The molecule has 0 bridgehead atoms. The Labute approximate surface area is 122 Å². The van der Waals surface area contributed by atoms with Crippen LogP contribution in [0.4, 0.5) is 11.7 Å². The fourth-order valence-corrected chi connectivity index (χ4v) is 1.95. The molecule has 2 N–H and O–H groups in total. The SMILES string of the molecule is COCCNCc1nnc(Nc2ccc(SC)cc2)o1. The zero-order chi connectivity index (χ0) is 14.2. The fourth-order valence-electron chi connectivity index (χ4n) is 1.54. The minimum Gasteiger partial charge on any atom is -0.406 e. The van der Waals surface area contributed by atoms with Gasteiger partial charge in [-0.3, -0.25) is 0 Å². The van der Waals surface area contributed by atoms with Crippen molar-refractivity contribution in [3.05, 3.63) is 30.2 Å². The fraction of sp³-hybridized carbons (Fsp3) is 0.385. The number of rotatable bonds is 8. The van der Waals surface area contributed by atoms with Crippen molar-refractivity contribution in [2.45, 2.75) is 11.4 Å². The number of methoxy groups -OCH3 is 1. The van der Waals surface area contributed by atoms with Crippen LogP contribution in [0, 0.1) is 0 Å². The van der Waals surface area contributed by atoms with Gasteiger partial charge in [-0.25, -0.2) is 0 Å². The Morgan fingerprint density at radius 1 is 1.25 bits per heavy atom. The van der Waals surface area contributed by atoms with Crippen molar-refractivity contribution in [1.82, 2.24) is 15.5 Å². The summed E-state index contributed by atoms with van der Waals surface area (Å²) in [5, 5.41) is 14.1. The number of nitrogens with one attached hydrogen (secondary N) is 2. The molecule has 0 fully saturated rings. The highest BCUT2D eigenvalue weighted by Gasteiger charge is 2.05. The second-order valence-corrected chi connectivity index (χ2v) is 4.90. The summed E-state index contributed by atoms with van der Waals surface area (Å²) in [6.07, 6.45) is 2.04. The van der Waals surface area contributed by atoms with Crippen molar-refractivity contribution in [3.8, 4) is 0 Å². The van der Waals surface area contributed by atoms with E-state index in [1.54, 1.807) is 18.9 Å². The normalized spacial score (nSPS) is 10.7. The molecule has 0 amide bonds. The molecule has 0 atom stereocenters. The molecule has 7 heteroatoms. The molecule has 0 aliphatic carbocycles. The molecule has 1 aromatic heterocycles. The lowest BCUT2D eigenvalue weighted by Crippen LogP contribution is -2.18. The Kier molecular flexibility index (Phi) is 5.85. The number of benzene rings is 1. The average molecular weight is 294 g/mol. The van der Waals surface area contributed by atoms with Gasteiger partial charge in [0.2, 0.25) is 5.89 Å². The highest BCUT2D eigenvalue weighted by atomic mass is 32.2. The van der Waals surface area contributed by atoms with E-state index in [1.165, 1.54) is 4.90 Å². The maximum absolute atomic E-state index is 5.48. The van der Waals surface area contributed by atoms with Crippen LogP contribution in [-0.4, -0.2) is 36.7 Å². The van der Waals surface area contributed by atoms with E-state index in [1.807, 2.05) is 30.5 Å². The maximum atomic E-state index is 5.48. The first kappa shape index (κ1) is 14.8. The third kappa shape index (κ3) is 4.52. The first-order valence-corrected chi connectivity index (χ1v) is 7.47. The third-order valence-electron chi connectivity index (χ3n) is 2.57. The lowest BCUT2D eigenvalue weighted by Gasteiger charge is -2.02. The Bertz CT molecular complexity index is 515. The van der Waals surface area contributed by atoms with E-state index < -0.39 is 0 Å². The molecule has 1 heterocycles. The van der Waals surface area contributed by atoms with Gasteiger partial charge in [0.1, 0.15) is 0 Å². The van der Waals surface area contributed by atoms with Crippen molar-refractivity contribution < 1.29 is 9.15 Å². The van der Waals surface area contributed by atoms with Crippen LogP contribution >= 0.6 is 11.8 Å². The van der Waals surface area contributed by atoms with Crippen molar-refractivity contribution in [3.63, 3.8) is 0 Å². The molecule has 0 aliphatic rings. The van der Waals surface area contributed by atoms with Gasteiger partial charge < -0.3 is 19.8 Å². The molecule has 0 aliphatic heterocycles. The average Bonchev–Trinajstić information content (AvgIpc) is 2.92. The molecule has 0 spiro atoms. The Morgan fingerprint density at radius 3 is 2.75 bits per heavy atom. The minimum absolute atomic E-state index is 0.394. The summed E-state index contributed by atoms with van der Waals surface area (Å²) in [6.45, 7) is 1.93. The second kappa shape index (κ2) is 7.88. The highest BCUT2D eigenvalue weighted by molar-refractivity contribution is 7.98. The van der Waals surface area contributed by atoms with Gasteiger partial charge in [-0.05, 0) is 30.5 Å². The number of thioether (sulfide) groups is 1. The van der Waals surface area contributed by atoms with E-state index in [0.29, 0.717) is 25.1 Å². The quantitative estimate of drug-likeness (QED) is 0.571. The summed E-state index contributed by atoms with van der Waals surface area (Å²) < 4.78 is 10.4. The smallest absolute Gasteiger partial charge is 0.320 e. The van der Waals surface area contributed by atoms with Gasteiger partial charge in [-0.15, -0.1) is 16.9 Å². The van der Waals surface area contributed by atoms with Gasteiger partial charge >= 0.3 is 6.01 Å². The van der Waals surface area contributed by atoms with E-state index in [9.17, 15) is 0 Å². The van der Waals surface area contributed by atoms with Crippen LogP contribution in [0.15, 0.2) is 33.6 Å². The van der Waals surface area contributed by atoms with Crippen LogP contribution in [0.5, 0.6) is 0 Å². The van der Waals surface area contributed by atoms with Crippen LogP contribution in [0.3, 0.4) is 0 Å². The molecule has 2 rings (SSSR count). The van der Waals surface area contributed by atoms with Crippen molar-refractivity contribution in [2.75, 3.05) is 31.8 Å². The summed E-state index contributed by atoms with van der Waals surface area (Å²) >= 11 is 1.70. The molecule has 1 aromatic carbocycles. The van der Waals surface area contributed by atoms with Gasteiger partial charge in [-0.1, -0.05) is 5.10 Å². The molecule has 0 saturated heterocycles. The molecule has 2 aromatic rings. The summed E-state index contributed by atoms with van der Waals surface area (Å²) in [6, 6.07) is 8.43. The molecule has 0 saturated carbocycles. The van der Waals surface area contributed by atoms with Crippen LogP contribution in [-0.2, 0) is 11.3 Å². The topological polar surface area (TPSA) is 72.2 Å². The summed E-state index contributed by atoms with van der Waals surface area (Å²) in [5.41, 5.74) is 0.922. The lowest BCUT2D eigenvalue weighted by molar-refractivity contribution is 0.198. The zero-order valence-electron chi connectivity index (χ0n) is 11.5. The van der Waals surface area contributed by atoms with Gasteiger partial charge in [0, 0.05) is 24.2 Å². The monoisotopic (exact) mass is 294 g/mol. The molecule has 6 nitrogen and oxygen atoms in total. The number of ether oxygens (including phenoxy) is 1. The van der Waals surface area contributed by atoms with Crippen molar-refractivity contribution >= 4 is 23.5 Å². The van der Waals surface area contributed by atoms with Gasteiger partial charge in [0.05, 0.1) is 13.2 Å². The number of aromatic nitrogens is 2. The number of hydrogen-bond donors (Lipinski definition) is 2. The van der Waals surface area contributed by atoms with Crippen LogP contribution in [0.25, 0.3) is 0 Å². The highest BCUT2D eigenvalue weighted by Crippen LogP contribution is 2.20. The minimum atomic E-state index is 0.394. The first-order chi connectivity index (χ1) is 9.81. The zero-order valence-corrected chi connectivity index (χ0v) is 12.4. The summed E-state index contributed by atoms with van der Waals surface area (Å²) in [4.78, 5) is 1.21. The molecule has 108 valence electrons. The van der Waals surface area contributed by atoms with Gasteiger partial charge in [0.15, 0.2) is 0 Å². The Morgan fingerprint density at radius 2 is 2.05 bits per heavy atom. The van der Waals surface area contributed by atoms with E-state index >= 15 is 0 Å². The van der Waals surface area contributed by atoms with Gasteiger partial charge in [0.25, 0.3) is 0 Å². The molecule has 0 unspecified atom stereocenters. The van der Waals surface area contributed by atoms with E-state index in [2.05, 4.69) is 20.8 Å². The Balaban J connectivity index is 1.85. The van der Waals surface area contributed by atoms with Crippen LogP contribution in [0.1, 0.15) is 5.89 Å². The largest absolute Gasteiger partial charge is 0.406 e. The van der Waals surface area contributed by atoms with Crippen molar-refractivity contribution in [2.24, 2.45) is 0 Å². The standard InChI is InChI=1S/C13H18N4O2S/c1-18-8-7-14-9-12-16-17-13(19-12)15-10-3-5-11(20-2)6-4-10/h3-6,14H,7-9H2,1-2H3,(H,15,17). The molecular weight excluding hydrogens is 276 g/mol. The van der Waals surface area contributed by atoms with Crippen LogP contribution < -0.4 is 10.6 Å². The van der Waals surface area contributed by atoms with Gasteiger partial charge in [-0.2, -0.15) is 0 Å². The molecule has 0 radical (unpaired) electrons. The first-order valence-electron chi connectivity index (χ1n) is 6.25. The number of hydrogen-bond acceptors (Lipinski definition) is 7. The molecule has 20 heavy (non-hydrogen) atoms. The maximum Gasteiger partial charge on any atom is 0.320 e. The van der Waals surface area contributed by atoms with E-state index in [4.69, 9.17) is 9.15 Å². The van der Waals surface area contributed by atoms with Crippen LogP contribution in [0.2, 0.25) is 0 Å². The number of nitrogens with zero attached hydrogens (tertiary/aromatic N) is 2.